The molecule has 2 atom stereocenters. The van der Waals surface area contributed by atoms with Gasteiger partial charge in [-0.1, -0.05) is 18.2 Å². The van der Waals surface area contributed by atoms with Crippen molar-refractivity contribution in [3.63, 3.8) is 0 Å². The Kier molecular flexibility index (Phi) is 3.65. The number of rotatable bonds is 3. The van der Waals surface area contributed by atoms with Gasteiger partial charge in [0.15, 0.2) is 0 Å². The Bertz CT molecular complexity index is 696. The molecule has 1 amide bonds. The molecule has 0 unspecified atom stereocenters. The molecular formula is C18H22N4O. The van der Waals surface area contributed by atoms with E-state index in [2.05, 4.69) is 14.5 Å². The molecule has 0 N–H and O–H groups in total. The fourth-order valence-electron chi connectivity index (χ4n) is 3.92. The molecule has 120 valence electrons. The highest BCUT2D eigenvalue weighted by molar-refractivity contribution is 5.99. The maximum atomic E-state index is 12.8. The average Bonchev–Trinajstić information content (AvgIpc) is 3.27. The topological polar surface area (TPSA) is 41.4 Å². The number of para-hydroxylation sites is 1. The molecule has 0 saturated carbocycles. The van der Waals surface area contributed by atoms with Crippen molar-refractivity contribution in [1.82, 2.24) is 14.5 Å². The van der Waals surface area contributed by atoms with Gasteiger partial charge >= 0.3 is 0 Å². The molecule has 2 aliphatic rings. The molecule has 4 rings (SSSR count). The largest absolute Gasteiger partial charge is 0.338 e. The summed E-state index contributed by atoms with van der Waals surface area (Å²) in [6.45, 7) is 2.73. The fourth-order valence-corrected chi connectivity index (χ4v) is 3.92. The Balaban J connectivity index is 1.46. The lowest BCUT2D eigenvalue weighted by molar-refractivity contribution is -0.121. The van der Waals surface area contributed by atoms with E-state index in [1.165, 1.54) is 0 Å². The smallest absolute Gasteiger partial charge is 0.244 e. The van der Waals surface area contributed by atoms with Gasteiger partial charge in [0.1, 0.15) is 5.82 Å². The minimum Gasteiger partial charge on any atom is -0.338 e. The maximum Gasteiger partial charge on any atom is 0.244 e. The van der Waals surface area contributed by atoms with Crippen LogP contribution in [0.15, 0.2) is 42.7 Å². The second-order valence-corrected chi connectivity index (χ2v) is 6.51. The first kappa shape index (κ1) is 14.5. The van der Waals surface area contributed by atoms with Crippen LogP contribution in [0.3, 0.4) is 0 Å². The third kappa shape index (κ3) is 2.55. The number of aromatic nitrogens is 2. The van der Waals surface area contributed by atoms with Gasteiger partial charge in [-0.3, -0.25) is 9.69 Å². The van der Waals surface area contributed by atoms with E-state index in [0.717, 1.165) is 44.0 Å². The van der Waals surface area contributed by atoms with E-state index in [4.69, 9.17) is 0 Å². The summed E-state index contributed by atoms with van der Waals surface area (Å²) in [5.74, 6) is 1.82. The summed E-state index contributed by atoms with van der Waals surface area (Å²) in [5, 5.41) is 0. The number of likely N-dealkylation sites (tertiary alicyclic amines) is 1. The van der Waals surface area contributed by atoms with E-state index in [1.54, 1.807) is 0 Å². The monoisotopic (exact) mass is 310 g/mol. The third-order valence-electron chi connectivity index (χ3n) is 5.13. The van der Waals surface area contributed by atoms with Gasteiger partial charge in [0.05, 0.1) is 6.04 Å². The van der Waals surface area contributed by atoms with Crippen molar-refractivity contribution < 1.29 is 4.79 Å². The SMILES string of the molecule is Cn1ccnc1[C@H]1CCN([C@H]2CCN(c3ccccc3)C2=O)C1. The molecule has 2 aliphatic heterocycles. The summed E-state index contributed by atoms with van der Waals surface area (Å²) in [6.07, 6.45) is 5.85. The molecule has 2 fully saturated rings. The van der Waals surface area contributed by atoms with E-state index >= 15 is 0 Å². The molecule has 1 aromatic carbocycles. The summed E-state index contributed by atoms with van der Waals surface area (Å²) in [6, 6.07) is 10.0. The van der Waals surface area contributed by atoms with Crippen molar-refractivity contribution in [2.45, 2.75) is 24.8 Å². The first-order valence-electron chi connectivity index (χ1n) is 8.32. The first-order valence-corrected chi connectivity index (χ1v) is 8.32. The normalized spacial score (nSPS) is 25.4. The molecule has 0 aliphatic carbocycles. The lowest BCUT2D eigenvalue weighted by Crippen LogP contribution is -2.40. The number of amides is 1. The highest BCUT2D eigenvalue weighted by Crippen LogP contribution is 2.31. The molecule has 0 radical (unpaired) electrons. The molecular weight excluding hydrogens is 288 g/mol. The van der Waals surface area contributed by atoms with Crippen LogP contribution < -0.4 is 4.90 Å². The van der Waals surface area contributed by atoms with Crippen LogP contribution in [0.4, 0.5) is 5.69 Å². The van der Waals surface area contributed by atoms with E-state index in [0.29, 0.717) is 5.92 Å². The second kappa shape index (κ2) is 5.81. The first-order chi connectivity index (χ1) is 11.2. The van der Waals surface area contributed by atoms with Crippen LogP contribution >= 0.6 is 0 Å². The highest BCUT2D eigenvalue weighted by Gasteiger charge is 2.40. The Morgan fingerprint density at radius 2 is 1.96 bits per heavy atom. The Hall–Kier alpha value is -2.14. The van der Waals surface area contributed by atoms with Gasteiger partial charge in [-0.15, -0.1) is 0 Å². The number of nitrogens with zero attached hydrogens (tertiary/aromatic N) is 4. The standard InChI is InChI=1S/C18H22N4O/c1-20-12-9-19-17(20)14-7-10-21(13-14)16-8-11-22(18(16)23)15-5-3-2-4-6-15/h2-6,9,12,14,16H,7-8,10-11,13H2,1H3/t14-,16-/m0/s1. The van der Waals surface area contributed by atoms with E-state index < -0.39 is 0 Å². The van der Waals surface area contributed by atoms with Crippen LogP contribution in [0.5, 0.6) is 0 Å². The molecule has 5 heteroatoms. The van der Waals surface area contributed by atoms with E-state index in [1.807, 2.05) is 54.7 Å². The molecule has 0 spiro atoms. The van der Waals surface area contributed by atoms with Gasteiger partial charge in [-0.05, 0) is 31.5 Å². The van der Waals surface area contributed by atoms with E-state index in [9.17, 15) is 4.79 Å². The molecule has 5 nitrogen and oxygen atoms in total. The van der Waals surface area contributed by atoms with Crippen LogP contribution in [0, 0.1) is 0 Å². The molecule has 2 saturated heterocycles. The minimum absolute atomic E-state index is 0.0282. The quantitative estimate of drug-likeness (QED) is 0.871. The second-order valence-electron chi connectivity index (χ2n) is 6.51. The number of aryl methyl sites for hydroxylation is 1. The number of hydrogen-bond donors (Lipinski definition) is 0. The molecule has 1 aromatic heterocycles. The summed E-state index contributed by atoms with van der Waals surface area (Å²) in [7, 11) is 2.04. The molecule has 3 heterocycles. The van der Waals surface area contributed by atoms with Crippen LogP contribution in [-0.2, 0) is 11.8 Å². The number of hydrogen-bond acceptors (Lipinski definition) is 3. The van der Waals surface area contributed by atoms with Crippen molar-refractivity contribution in [1.29, 1.82) is 0 Å². The predicted molar refractivity (Wildman–Crippen MR) is 89.3 cm³/mol. The Morgan fingerprint density at radius 3 is 2.70 bits per heavy atom. The fraction of sp³-hybridized carbons (Fsp3) is 0.444. The van der Waals surface area contributed by atoms with Gasteiger partial charge in [0.25, 0.3) is 0 Å². The lowest BCUT2D eigenvalue weighted by atomic mass is 10.1. The number of carbonyl (C=O) groups excluding carboxylic acids is 1. The van der Waals surface area contributed by atoms with Gasteiger partial charge in [-0.25, -0.2) is 4.98 Å². The van der Waals surface area contributed by atoms with Crippen LogP contribution in [-0.4, -0.2) is 46.0 Å². The van der Waals surface area contributed by atoms with Crippen molar-refractivity contribution in [2.24, 2.45) is 7.05 Å². The summed E-state index contributed by atoms with van der Waals surface area (Å²) >= 11 is 0. The van der Waals surface area contributed by atoms with Crippen LogP contribution in [0.1, 0.15) is 24.6 Å². The molecule has 2 aromatic rings. The number of anilines is 1. The lowest BCUT2D eigenvalue weighted by Gasteiger charge is -2.23. The zero-order chi connectivity index (χ0) is 15.8. The summed E-state index contributed by atoms with van der Waals surface area (Å²) in [4.78, 5) is 21.6. The van der Waals surface area contributed by atoms with Gasteiger partial charge in [-0.2, -0.15) is 0 Å². The predicted octanol–water partition coefficient (Wildman–Crippen LogP) is 2.01. The number of imidazole rings is 1. The summed E-state index contributed by atoms with van der Waals surface area (Å²) in [5.41, 5.74) is 1.01. The average molecular weight is 310 g/mol. The van der Waals surface area contributed by atoms with Gasteiger partial charge < -0.3 is 9.47 Å². The zero-order valence-corrected chi connectivity index (χ0v) is 13.4. The van der Waals surface area contributed by atoms with Crippen molar-refractivity contribution in [2.75, 3.05) is 24.5 Å². The van der Waals surface area contributed by atoms with Gasteiger partial charge in [0.2, 0.25) is 5.91 Å². The summed E-state index contributed by atoms with van der Waals surface area (Å²) < 4.78 is 2.10. The minimum atomic E-state index is 0.0282. The Morgan fingerprint density at radius 1 is 1.13 bits per heavy atom. The molecule has 0 bridgehead atoms. The van der Waals surface area contributed by atoms with Crippen molar-refractivity contribution in [3.8, 4) is 0 Å². The third-order valence-corrected chi connectivity index (χ3v) is 5.13. The highest BCUT2D eigenvalue weighted by atomic mass is 16.2. The van der Waals surface area contributed by atoms with Crippen molar-refractivity contribution in [3.05, 3.63) is 48.5 Å². The van der Waals surface area contributed by atoms with Crippen LogP contribution in [0.25, 0.3) is 0 Å². The number of carbonyl (C=O) groups is 1. The zero-order valence-electron chi connectivity index (χ0n) is 13.4. The van der Waals surface area contributed by atoms with Crippen molar-refractivity contribution >= 4 is 11.6 Å². The van der Waals surface area contributed by atoms with Crippen LogP contribution in [0.2, 0.25) is 0 Å². The molecule has 23 heavy (non-hydrogen) atoms. The Labute approximate surface area is 136 Å². The van der Waals surface area contributed by atoms with Gasteiger partial charge in [0, 0.05) is 44.1 Å². The van der Waals surface area contributed by atoms with E-state index in [-0.39, 0.29) is 11.9 Å². The maximum absolute atomic E-state index is 12.8. The number of benzene rings is 1.